The molecule has 2 heterocycles. The molecule has 0 aliphatic heterocycles. The predicted octanol–water partition coefficient (Wildman–Crippen LogP) is 1.95. The molecule has 2 aromatic rings. The number of nitrogens with one attached hydrogen (secondary N) is 1. The normalized spacial score (nSPS) is 14.8. The fourth-order valence-corrected chi connectivity index (χ4v) is 3.27. The molecule has 0 saturated heterocycles. The SMILES string of the molecule is Cc1nnc(Sc2cc(NN)nc(C3CC3)n2)s1. The second-order valence-corrected chi connectivity index (χ2v) is 6.51. The molecule has 0 bridgehead atoms. The monoisotopic (exact) mass is 280 g/mol. The number of rotatable bonds is 4. The topological polar surface area (TPSA) is 89.6 Å². The number of hydrogen-bond donors (Lipinski definition) is 2. The van der Waals surface area contributed by atoms with Gasteiger partial charge in [-0.3, -0.25) is 0 Å². The van der Waals surface area contributed by atoms with Crippen LogP contribution in [0.5, 0.6) is 0 Å². The average molecular weight is 280 g/mol. The lowest BCUT2D eigenvalue weighted by Gasteiger charge is -2.05. The molecule has 1 aliphatic carbocycles. The summed E-state index contributed by atoms with van der Waals surface area (Å²) in [7, 11) is 0. The molecule has 3 rings (SSSR count). The Bertz CT molecular complexity index is 565. The smallest absolute Gasteiger partial charge is 0.180 e. The number of anilines is 1. The van der Waals surface area contributed by atoms with Crippen molar-refractivity contribution in [3.05, 3.63) is 16.9 Å². The van der Waals surface area contributed by atoms with Crippen LogP contribution >= 0.6 is 23.1 Å². The zero-order valence-electron chi connectivity index (χ0n) is 9.75. The van der Waals surface area contributed by atoms with Crippen molar-refractivity contribution in [3.8, 4) is 0 Å². The van der Waals surface area contributed by atoms with Gasteiger partial charge in [0.05, 0.1) is 0 Å². The Morgan fingerprint density at radius 1 is 1.39 bits per heavy atom. The number of nitrogen functional groups attached to an aromatic ring is 1. The van der Waals surface area contributed by atoms with Crippen LogP contribution in [0.25, 0.3) is 0 Å². The van der Waals surface area contributed by atoms with Crippen molar-refractivity contribution in [2.24, 2.45) is 5.84 Å². The summed E-state index contributed by atoms with van der Waals surface area (Å²) in [5, 5.41) is 9.87. The number of aryl methyl sites for hydroxylation is 1. The summed E-state index contributed by atoms with van der Waals surface area (Å²) in [6.07, 6.45) is 2.33. The van der Waals surface area contributed by atoms with E-state index in [4.69, 9.17) is 5.84 Å². The third-order valence-corrected chi connectivity index (χ3v) is 4.32. The van der Waals surface area contributed by atoms with Gasteiger partial charge in [-0.25, -0.2) is 15.8 Å². The number of hydrogen-bond acceptors (Lipinski definition) is 8. The summed E-state index contributed by atoms with van der Waals surface area (Å²) in [5.74, 6) is 7.44. The minimum absolute atomic E-state index is 0.494. The van der Waals surface area contributed by atoms with Crippen molar-refractivity contribution >= 4 is 28.9 Å². The highest BCUT2D eigenvalue weighted by atomic mass is 32.2. The van der Waals surface area contributed by atoms with Crippen molar-refractivity contribution < 1.29 is 0 Å². The highest BCUT2D eigenvalue weighted by Gasteiger charge is 2.27. The van der Waals surface area contributed by atoms with Gasteiger partial charge in [-0.2, -0.15) is 0 Å². The number of hydrazine groups is 1. The van der Waals surface area contributed by atoms with Crippen LogP contribution in [-0.2, 0) is 0 Å². The Morgan fingerprint density at radius 2 is 2.22 bits per heavy atom. The lowest BCUT2D eigenvalue weighted by atomic mass is 10.4. The van der Waals surface area contributed by atoms with E-state index < -0.39 is 0 Å². The quantitative estimate of drug-likeness (QED) is 0.502. The summed E-state index contributed by atoms with van der Waals surface area (Å²) in [4.78, 5) is 8.91. The minimum atomic E-state index is 0.494. The Kier molecular flexibility index (Phi) is 3.14. The summed E-state index contributed by atoms with van der Waals surface area (Å²) < 4.78 is 0.885. The zero-order chi connectivity index (χ0) is 12.5. The van der Waals surface area contributed by atoms with Gasteiger partial charge in [0.2, 0.25) is 0 Å². The van der Waals surface area contributed by atoms with Gasteiger partial charge in [0, 0.05) is 12.0 Å². The fraction of sp³-hybridized carbons (Fsp3) is 0.400. The van der Waals surface area contributed by atoms with Crippen molar-refractivity contribution in [1.82, 2.24) is 20.2 Å². The van der Waals surface area contributed by atoms with Gasteiger partial charge < -0.3 is 5.43 Å². The second kappa shape index (κ2) is 4.79. The predicted molar refractivity (Wildman–Crippen MR) is 70.6 cm³/mol. The number of nitrogens with two attached hydrogens (primary N) is 1. The maximum absolute atomic E-state index is 5.43. The van der Waals surface area contributed by atoms with Gasteiger partial charge in [0.1, 0.15) is 21.7 Å². The van der Waals surface area contributed by atoms with Crippen LogP contribution in [0, 0.1) is 6.92 Å². The molecule has 0 aromatic carbocycles. The van der Waals surface area contributed by atoms with E-state index in [9.17, 15) is 0 Å². The number of aromatic nitrogens is 4. The number of nitrogens with zero attached hydrogens (tertiary/aromatic N) is 4. The third-order valence-electron chi connectivity index (χ3n) is 2.51. The molecular formula is C10H12N6S2. The van der Waals surface area contributed by atoms with E-state index in [1.807, 2.05) is 13.0 Å². The van der Waals surface area contributed by atoms with E-state index in [1.54, 1.807) is 11.3 Å². The van der Waals surface area contributed by atoms with Crippen molar-refractivity contribution in [1.29, 1.82) is 0 Å². The first-order chi connectivity index (χ1) is 8.74. The Morgan fingerprint density at radius 3 is 2.83 bits per heavy atom. The molecule has 0 atom stereocenters. The van der Waals surface area contributed by atoms with Crippen molar-refractivity contribution in [2.45, 2.75) is 35.0 Å². The molecule has 2 aromatic heterocycles. The van der Waals surface area contributed by atoms with Gasteiger partial charge in [-0.15, -0.1) is 10.2 Å². The van der Waals surface area contributed by atoms with Crippen LogP contribution in [0.3, 0.4) is 0 Å². The van der Waals surface area contributed by atoms with Crippen LogP contribution in [0.4, 0.5) is 5.82 Å². The fourth-order valence-electron chi connectivity index (χ4n) is 1.50. The molecule has 8 heteroatoms. The van der Waals surface area contributed by atoms with Gasteiger partial charge in [0.15, 0.2) is 4.34 Å². The van der Waals surface area contributed by atoms with Crippen LogP contribution in [0.1, 0.15) is 29.6 Å². The molecule has 0 amide bonds. The van der Waals surface area contributed by atoms with Gasteiger partial charge >= 0.3 is 0 Å². The molecule has 18 heavy (non-hydrogen) atoms. The van der Waals surface area contributed by atoms with Crippen LogP contribution < -0.4 is 11.3 Å². The second-order valence-electron chi connectivity index (χ2n) is 4.06. The Hall–Kier alpha value is -1.25. The van der Waals surface area contributed by atoms with E-state index in [2.05, 4.69) is 25.6 Å². The first-order valence-corrected chi connectivity index (χ1v) is 7.21. The third kappa shape index (κ3) is 2.60. The summed E-state index contributed by atoms with van der Waals surface area (Å²) in [5.41, 5.74) is 2.58. The summed E-state index contributed by atoms with van der Waals surface area (Å²) in [6, 6.07) is 1.83. The Balaban J connectivity index is 1.88. The van der Waals surface area contributed by atoms with Gasteiger partial charge in [-0.05, 0) is 31.5 Å². The largest absolute Gasteiger partial charge is 0.308 e. The zero-order valence-corrected chi connectivity index (χ0v) is 11.4. The highest BCUT2D eigenvalue weighted by Crippen LogP contribution is 2.39. The molecular weight excluding hydrogens is 268 g/mol. The maximum Gasteiger partial charge on any atom is 0.180 e. The first kappa shape index (κ1) is 11.8. The standard InChI is InChI=1S/C10H12N6S2/c1-5-15-16-10(17-5)18-8-4-7(14-11)12-9(13-8)6-2-3-6/h4,6H,2-3,11H2,1H3,(H,12,13,14). The van der Waals surface area contributed by atoms with Crippen LogP contribution in [0.2, 0.25) is 0 Å². The molecule has 94 valence electrons. The van der Waals surface area contributed by atoms with Gasteiger partial charge in [-0.1, -0.05) is 11.3 Å². The van der Waals surface area contributed by atoms with E-state index in [1.165, 1.54) is 11.8 Å². The molecule has 0 radical (unpaired) electrons. The molecule has 0 unspecified atom stereocenters. The molecule has 1 aliphatic rings. The van der Waals surface area contributed by atoms with E-state index >= 15 is 0 Å². The molecule has 1 fully saturated rings. The van der Waals surface area contributed by atoms with E-state index in [0.717, 1.165) is 33.0 Å². The van der Waals surface area contributed by atoms with Gasteiger partial charge in [0.25, 0.3) is 0 Å². The molecule has 0 spiro atoms. The first-order valence-electron chi connectivity index (χ1n) is 5.58. The molecule has 6 nitrogen and oxygen atoms in total. The van der Waals surface area contributed by atoms with Crippen molar-refractivity contribution in [2.75, 3.05) is 5.43 Å². The van der Waals surface area contributed by atoms with E-state index in [0.29, 0.717) is 11.7 Å². The summed E-state index contributed by atoms with van der Waals surface area (Å²) in [6.45, 7) is 1.93. The lowest BCUT2D eigenvalue weighted by molar-refractivity contribution is 0.876. The van der Waals surface area contributed by atoms with Crippen molar-refractivity contribution in [3.63, 3.8) is 0 Å². The van der Waals surface area contributed by atoms with E-state index in [-0.39, 0.29) is 0 Å². The Labute approximate surface area is 112 Å². The van der Waals surface area contributed by atoms with Crippen LogP contribution in [0.15, 0.2) is 15.4 Å². The minimum Gasteiger partial charge on any atom is -0.308 e. The van der Waals surface area contributed by atoms with Crippen LogP contribution in [-0.4, -0.2) is 20.2 Å². The maximum atomic E-state index is 5.43. The average Bonchev–Trinajstić information content (AvgIpc) is 3.14. The summed E-state index contributed by atoms with van der Waals surface area (Å²) >= 11 is 3.05. The highest BCUT2D eigenvalue weighted by molar-refractivity contribution is 8.01. The molecule has 1 saturated carbocycles. The lowest BCUT2D eigenvalue weighted by Crippen LogP contribution is -2.10. The molecule has 3 N–H and O–H groups in total.